The second kappa shape index (κ2) is 6.52. The largest absolute Gasteiger partial charge is 0.399 e. The second-order valence-electron chi connectivity index (χ2n) is 7.65. The van der Waals surface area contributed by atoms with Gasteiger partial charge in [-0.15, -0.1) is 0 Å². The van der Waals surface area contributed by atoms with E-state index >= 15 is 0 Å². The number of nitrogens with two attached hydrogens (primary N) is 1. The van der Waals surface area contributed by atoms with E-state index in [0.717, 1.165) is 35.7 Å². The van der Waals surface area contributed by atoms with Crippen LogP contribution < -0.4 is 5.73 Å². The zero-order valence-electron chi connectivity index (χ0n) is 15.9. The van der Waals surface area contributed by atoms with Crippen LogP contribution >= 0.6 is 0 Å². The van der Waals surface area contributed by atoms with Crippen LogP contribution in [0.3, 0.4) is 0 Å². The third kappa shape index (κ3) is 3.54. The molecular formula is C21H28N4. The summed E-state index contributed by atoms with van der Waals surface area (Å²) < 4.78 is 2.21. The smallest absolute Gasteiger partial charge is 0.137 e. The van der Waals surface area contributed by atoms with Gasteiger partial charge < -0.3 is 10.1 Å². The Hall–Kier alpha value is -2.33. The number of pyridine rings is 1. The molecule has 4 heteroatoms. The van der Waals surface area contributed by atoms with Crippen LogP contribution in [-0.2, 0) is 6.54 Å². The van der Waals surface area contributed by atoms with E-state index in [0.29, 0.717) is 0 Å². The molecule has 0 saturated heterocycles. The van der Waals surface area contributed by atoms with Gasteiger partial charge >= 0.3 is 0 Å². The van der Waals surface area contributed by atoms with Crippen molar-refractivity contribution in [3.63, 3.8) is 0 Å². The molecule has 132 valence electrons. The summed E-state index contributed by atoms with van der Waals surface area (Å²) in [6, 6.07) is 12.3. The van der Waals surface area contributed by atoms with Gasteiger partial charge in [0.1, 0.15) is 5.65 Å². The van der Waals surface area contributed by atoms with Crippen LogP contribution in [0.1, 0.15) is 39.0 Å². The van der Waals surface area contributed by atoms with Crippen molar-refractivity contribution in [2.24, 2.45) is 0 Å². The predicted molar refractivity (Wildman–Crippen MR) is 106 cm³/mol. The van der Waals surface area contributed by atoms with Gasteiger partial charge in [0.05, 0.1) is 11.4 Å². The fourth-order valence-corrected chi connectivity index (χ4v) is 3.27. The van der Waals surface area contributed by atoms with Gasteiger partial charge in [0, 0.05) is 29.5 Å². The lowest BCUT2D eigenvalue weighted by Crippen LogP contribution is -2.40. The average molecular weight is 336 g/mol. The van der Waals surface area contributed by atoms with Crippen molar-refractivity contribution in [3.05, 3.63) is 53.9 Å². The Kier molecular flexibility index (Phi) is 4.56. The van der Waals surface area contributed by atoms with Crippen molar-refractivity contribution in [2.75, 3.05) is 12.3 Å². The first-order valence-corrected chi connectivity index (χ1v) is 8.88. The lowest BCUT2D eigenvalue weighted by atomic mass is 10.0. The molecule has 0 amide bonds. The van der Waals surface area contributed by atoms with Crippen LogP contribution in [0, 0.1) is 6.92 Å². The molecule has 0 aliphatic carbocycles. The number of fused-ring (bicyclic) bond motifs is 1. The second-order valence-corrected chi connectivity index (χ2v) is 7.65. The van der Waals surface area contributed by atoms with Crippen molar-refractivity contribution >= 4 is 11.3 Å². The molecule has 0 spiro atoms. The first-order valence-electron chi connectivity index (χ1n) is 8.88. The summed E-state index contributed by atoms with van der Waals surface area (Å²) in [6.07, 6.45) is 2.12. The number of imidazole rings is 1. The van der Waals surface area contributed by atoms with Gasteiger partial charge in [-0.2, -0.15) is 0 Å². The van der Waals surface area contributed by atoms with Crippen LogP contribution in [0.25, 0.3) is 16.9 Å². The summed E-state index contributed by atoms with van der Waals surface area (Å²) in [4.78, 5) is 7.40. The number of hydrogen-bond donors (Lipinski definition) is 1. The van der Waals surface area contributed by atoms with Gasteiger partial charge in [-0.25, -0.2) is 4.98 Å². The van der Waals surface area contributed by atoms with E-state index in [1.807, 2.05) is 18.2 Å². The molecule has 0 aliphatic rings. The number of nitrogens with zero attached hydrogens (tertiary/aromatic N) is 3. The quantitative estimate of drug-likeness (QED) is 0.713. The van der Waals surface area contributed by atoms with Crippen molar-refractivity contribution in [1.29, 1.82) is 0 Å². The predicted octanol–water partition coefficient (Wildman–Crippen LogP) is 4.51. The minimum atomic E-state index is 0.0938. The van der Waals surface area contributed by atoms with Crippen LogP contribution in [0.5, 0.6) is 0 Å². The number of anilines is 1. The van der Waals surface area contributed by atoms with Crippen LogP contribution in [0.15, 0.2) is 42.6 Å². The van der Waals surface area contributed by atoms with Crippen molar-refractivity contribution in [1.82, 2.24) is 14.3 Å². The number of rotatable bonds is 4. The molecule has 0 aliphatic heterocycles. The highest BCUT2D eigenvalue weighted by Crippen LogP contribution is 2.29. The highest BCUT2D eigenvalue weighted by Gasteiger charge is 2.23. The van der Waals surface area contributed by atoms with Crippen LogP contribution in [-0.4, -0.2) is 26.4 Å². The molecule has 0 bridgehead atoms. The Morgan fingerprint density at radius 3 is 2.56 bits per heavy atom. The molecule has 25 heavy (non-hydrogen) atoms. The number of aromatic nitrogens is 2. The molecule has 2 aromatic heterocycles. The van der Waals surface area contributed by atoms with E-state index in [-0.39, 0.29) is 5.54 Å². The van der Waals surface area contributed by atoms with E-state index in [1.54, 1.807) is 0 Å². The molecule has 1 aromatic carbocycles. The molecule has 3 rings (SSSR count). The average Bonchev–Trinajstić information content (AvgIpc) is 2.89. The SMILES string of the molecule is CCN(Cc1c(-c2cccc(N)c2)nc2cc(C)ccn12)C(C)(C)C. The fourth-order valence-electron chi connectivity index (χ4n) is 3.27. The van der Waals surface area contributed by atoms with E-state index in [4.69, 9.17) is 10.7 Å². The number of nitrogen functional groups attached to an aromatic ring is 1. The summed E-state index contributed by atoms with van der Waals surface area (Å²) in [5.74, 6) is 0. The summed E-state index contributed by atoms with van der Waals surface area (Å²) in [6.45, 7) is 12.9. The maximum Gasteiger partial charge on any atom is 0.137 e. The Bertz CT molecular complexity index is 887. The van der Waals surface area contributed by atoms with E-state index < -0.39 is 0 Å². The van der Waals surface area contributed by atoms with Crippen LogP contribution in [0.2, 0.25) is 0 Å². The van der Waals surface area contributed by atoms with E-state index in [1.165, 1.54) is 11.3 Å². The minimum Gasteiger partial charge on any atom is -0.399 e. The highest BCUT2D eigenvalue weighted by molar-refractivity contribution is 5.69. The van der Waals surface area contributed by atoms with Gasteiger partial charge in [0.2, 0.25) is 0 Å². The zero-order chi connectivity index (χ0) is 18.2. The number of benzene rings is 1. The summed E-state index contributed by atoms with van der Waals surface area (Å²) in [7, 11) is 0. The van der Waals surface area contributed by atoms with Crippen LogP contribution in [0.4, 0.5) is 5.69 Å². The van der Waals surface area contributed by atoms with E-state index in [2.05, 4.69) is 68.3 Å². The molecule has 2 N–H and O–H groups in total. The van der Waals surface area contributed by atoms with Crippen molar-refractivity contribution in [2.45, 2.75) is 46.7 Å². The first kappa shape index (κ1) is 17.5. The monoisotopic (exact) mass is 336 g/mol. The topological polar surface area (TPSA) is 46.6 Å². The molecule has 0 fully saturated rings. The Balaban J connectivity index is 2.18. The standard InChI is InChI=1S/C21H28N4/c1-6-24(21(3,4)5)14-18-20(16-8-7-9-17(22)13-16)23-19-12-15(2)10-11-25(18)19/h7-13H,6,14,22H2,1-5H3. The lowest BCUT2D eigenvalue weighted by Gasteiger charge is -2.34. The molecular weight excluding hydrogens is 308 g/mol. The zero-order valence-corrected chi connectivity index (χ0v) is 15.9. The molecule has 0 atom stereocenters. The maximum atomic E-state index is 6.02. The normalized spacial score (nSPS) is 12.2. The molecule has 0 unspecified atom stereocenters. The first-order chi connectivity index (χ1) is 11.8. The molecule has 0 radical (unpaired) electrons. The van der Waals surface area contributed by atoms with Gasteiger partial charge in [0.25, 0.3) is 0 Å². The van der Waals surface area contributed by atoms with Gasteiger partial charge in [0.15, 0.2) is 0 Å². The number of aryl methyl sites for hydroxylation is 1. The summed E-state index contributed by atoms with van der Waals surface area (Å²) in [5.41, 5.74) is 12.4. The molecule has 4 nitrogen and oxygen atoms in total. The van der Waals surface area contributed by atoms with Crippen molar-refractivity contribution < 1.29 is 0 Å². The Morgan fingerprint density at radius 2 is 1.92 bits per heavy atom. The van der Waals surface area contributed by atoms with Gasteiger partial charge in [-0.1, -0.05) is 19.1 Å². The highest BCUT2D eigenvalue weighted by atomic mass is 15.2. The third-order valence-corrected chi connectivity index (χ3v) is 4.71. The lowest BCUT2D eigenvalue weighted by molar-refractivity contribution is 0.134. The van der Waals surface area contributed by atoms with Crippen molar-refractivity contribution in [3.8, 4) is 11.3 Å². The molecule has 2 heterocycles. The Morgan fingerprint density at radius 1 is 1.16 bits per heavy atom. The van der Waals surface area contributed by atoms with E-state index in [9.17, 15) is 0 Å². The summed E-state index contributed by atoms with van der Waals surface area (Å²) >= 11 is 0. The third-order valence-electron chi connectivity index (χ3n) is 4.71. The number of hydrogen-bond acceptors (Lipinski definition) is 3. The Labute approximate surface area is 150 Å². The maximum absolute atomic E-state index is 6.02. The van der Waals surface area contributed by atoms with Gasteiger partial charge in [-0.3, -0.25) is 4.90 Å². The minimum absolute atomic E-state index is 0.0938. The molecule has 3 aromatic rings. The van der Waals surface area contributed by atoms with Gasteiger partial charge in [-0.05, 0) is 64.1 Å². The fraction of sp³-hybridized carbons (Fsp3) is 0.381. The molecule has 0 saturated carbocycles. The summed E-state index contributed by atoms with van der Waals surface area (Å²) in [5, 5.41) is 0.